The van der Waals surface area contributed by atoms with Crippen molar-refractivity contribution in [2.45, 2.75) is 32.1 Å². The number of rotatable bonds is 3. The van der Waals surface area contributed by atoms with Crippen molar-refractivity contribution in [3.63, 3.8) is 0 Å². The zero-order valence-corrected chi connectivity index (χ0v) is 9.09. The Morgan fingerprint density at radius 3 is 2.00 bits per heavy atom. The summed E-state index contributed by atoms with van der Waals surface area (Å²) in [6, 6.07) is 0. The van der Waals surface area contributed by atoms with Crippen molar-refractivity contribution in [1.29, 1.82) is 0 Å². The summed E-state index contributed by atoms with van der Waals surface area (Å²) in [6.07, 6.45) is 5.33. The van der Waals surface area contributed by atoms with E-state index in [2.05, 4.69) is 5.73 Å². The average molecular weight is 220 g/mol. The lowest BCUT2D eigenvalue weighted by Crippen LogP contribution is -3.00. The van der Waals surface area contributed by atoms with Gasteiger partial charge in [0.1, 0.15) is 0 Å². The molecule has 0 aromatic rings. The smallest absolute Gasteiger partial charge is 0.304 e. The Kier molecular flexibility index (Phi) is 3.43. The predicted molar refractivity (Wildman–Crippen MR) is 47.9 cm³/mol. The molecule has 0 radical (unpaired) electrons. The number of hydrogen-bond acceptors (Lipinski definition) is 1. The number of carboxylic acids is 1. The van der Waals surface area contributed by atoms with Crippen LogP contribution in [0.2, 0.25) is 0 Å². The van der Waals surface area contributed by atoms with Gasteiger partial charge in [-0.2, -0.15) is 0 Å². The van der Waals surface area contributed by atoms with Crippen LogP contribution >= 0.6 is 0 Å². The second-order valence-corrected chi connectivity index (χ2v) is 4.60. The van der Waals surface area contributed by atoms with Crippen LogP contribution in [0.15, 0.2) is 0 Å². The van der Waals surface area contributed by atoms with Crippen molar-refractivity contribution in [3.8, 4) is 0 Å². The summed E-state index contributed by atoms with van der Waals surface area (Å²) in [5.74, 6) is 0.680. The van der Waals surface area contributed by atoms with Crippen molar-refractivity contribution in [2.24, 2.45) is 17.3 Å². The van der Waals surface area contributed by atoms with Gasteiger partial charge in [-0.3, -0.25) is 4.79 Å². The van der Waals surface area contributed by atoms with E-state index in [-0.39, 0.29) is 17.8 Å². The van der Waals surface area contributed by atoms with E-state index in [1.54, 1.807) is 0 Å². The molecule has 0 aliphatic heterocycles. The highest BCUT2D eigenvalue weighted by atomic mass is 35.5. The van der Waals surface area contributed by atoms with Crippen molar-refractivity contribution in [1.82, 2.24) is 0 Å². The number of aliphatic carboxylic acids is 1. The molecule has 82 valence electrons. The summed E-state index contributed by atoms with van der Waals surface area (Å²) in [7, 11) is 0. The van der Waals surface area contributed by atoms with E-state index in [1.807, 2.05) is 0 Å². The first-order chi connectivity index (χ1) is 6.19. The second-order valence-electron chi connectivity index (χ2n) is 4.60. The maximum Gasteiger partial charge on any atom is 0.304 e. The molecule has 0 unspecified atom stereocenters. The molecule has 3 nitrogen and oxygen atoms in total. The number of hydrogen-bond donors (Lipinski definition) is 2. The molecular weight excluding hydrogens is 202 g/mol. The molecule has 2 aliphatic carbocycles. The van der Waals surface area contributed by atoms with Gasteiger partial charge in [-0.05, 0) is 37.5 Å². The normalized spacial score (nSPS) is 39.5. The van der Waals surface area contributed by atoms with Gasteiger partial charge < -0.3 is 23.2 Å². The van der Waals surface area contributed by atoms with Crippen molar-refractivity contribution < 1.29 is 28.0 Å². The molecule has 2 rings (SSSR count). The molecule has 0 aromatic carbocycles. The standard InChI is InChI=1S/C10H17NO2.ClH/c11-6-10(5-9(12)13)7-1-2-8(10)4-3-7;/h7-8H,1-6,11H2,(H,12,13);1H. The summed E-state index contributed by atoms with van der Waals surface area (Å²) in [5.41, 5.74) is 4.05. The Labute approximate surface area is 90.5 Å². The molecule has 0 aromatic heterocycles. The van der Waals surface area contributed by atoms with Gasteiger partial charge in [0, 0.05) is 5.41 Å². The SMILES string of the molecule is [Cl-].[NH3+]CC1(CC(=O)O)C2CCC1CC2. The molecule has 0 saturated heterocycles. The van der Waals surface area contributed by atoms with Gasteiger partial charge in [0.15, 0.2) is 0 Å². The summed E-state index contributed by atoms with van der Waals surface area (Å²) in [6.45, 7) is 0.814. The van der Waals surface area contributed by atoms with Crippen LogP contribution in [0.3, 0.4) is 0 Å². The molecule has 2 fully saturated rings. The molecule has 0 atom stereocenters. The Balaban J connectivity index is 0.000000980. The molecule has 2 saturated carbocycles. The number of halogens is 1. The largest absolute Gasteiger partial charge is 1.00 e. The maximum absolute atomic E-state index is 10.8. The first kappa shape index (κ1) is 11.8. The monoisotopic (exact) mass is 219 g/mol. The summed E-state index contributed by atoms with van der Waals surface area (Å²) >= 11 is 0. The fraction of sp³-hybridized carbons (Fsp3) is 0.900. The van der Waals surface area contributed by atoms with Crippen LogP contribution in [0.25, 0.3) is 0 Å². The lowest BCUT2D eigenvalue weighted by Gasteiger charge is -2.28. The summed E-state index contributed by atoms with van der Waals surface area (Å²) < 4.78 is 0. The van der Waals surface area contributed by atoms with Crippen LogP contribution in [0.5, 0.6) is 0 Å². The van der Waals surface area contributed by atoms with Gasteiger partial charge in [-0.15, -0.1) is 0 Å². The Morgan fingerprint density at radius 1 is 1.29 bits per heavy atom. The molecular formula is C10H18ClNO2. The number of carbonyl (C=O) groups is 1. The first-order valence-electron chi connectivity index (χ1n) is 5.20. The number of carboxylic acid groups (broad SMARTS) is 1. The van der Waals surface area contributed by atoms with E-state index in [4.69, 9.17) is 5.11 Å². The van der Waals surface area contributed by atoms with Gasteiger partial charge in [0.25, 0.3) is 0 Å². The Bertz CT molecular complexity index is 212. The minimum atomic E-state index is -0.637. The molecule has 2 aliphatic rings. The van der Waals surface area contributed by atoms with E-state index >= 15 is 0 Å². The van der Waals surface area contributed by atoms with E-state index in [0.717, 1.165) is 6.54 Å². The van der Waals surface area contributed by atoms with Gasteiger partial charge in [0.05, 0.1) is 13.0 Å². The highest BCUT2D eigenvalue weighted by molar-refractivity contribution is 5.68. The van der Waals surface area contributed by atoms with E-state index < -0.39 is 5.97 Å². The number of fused-ring (bicyclic) bond motifs is 2. The first-order valence-corrected chi connectivity index (χ1v) is 5.20. The molecule has 0 amide bonds. The molecule has 4 N–H and O–H groups in total. The van der Waals surface area contributed by atoms with Gasteiger partial charge >= 0.3 is 5.97 Å². The molecule has 14 heavy (non-hydrogen) atoms. The van der Waals surface area contributed by atoms with E-state index in [9.17, 15) is 4.79 Å². The highest BCUT2D eigenvalue weighted by Gasteiger charge is 2.55. The third kappa shape index (κ3) is 1.52. The Hall–Kier alpha value is -0.280. The fourth-order valence-electron chi connectivity index (χ4n) is 3.64. The summed E-state index contributed by atoms with van der Waals surface area (Å²) in [5, 5.41) is 8.91. The van der Waals surface area contributed by atoms with Crippen LogP contribution in [-0.2, 0) is 4.79 Å². The van der Waals surface area contributed by atoms with E-state index in [0.29, 0.717) is 18.3 Å². The maximum atomic E-state index is 10.8. The predicted octanol–water partition coefficient (Wildman–Crippen LogP) is -2.49. The van der Waals surface area contributed by atoms with Crippen molar-refractivity contribution in [3.05, 3.63) is 0 Å². The van der Waals surface area contributed by atoms with Gasteiger partial charge in [0.2, 0.25) is 0 Å². The zero-order chi connectivity index (χ0) is 9.47. The third-order valence-electron chi connectivity index (χ3n) is 4.30. The fourth-order valence-corrected chi connectivity index (χ4v) is 3.64. The van der Waals surface area contributed by atoms with E-state index in [1.165, 1.54) is 25.7 Å². The van der Waals surface area contributed by atoms with Crippen LogP contribution < -0.4 is 18.1 Å². The third-order valence-corrected chi connectivity index (χ3v) is 4.30. The minimum Gasteiger partial charge on any atom is -1.00 e. The van der Waals surface area contributed by atoms with Crippen molar-refractivity contribution in [2.75, 3.05) is 6.54 Å². The lowest BCUT2D eigenvalue weighted by molar-refractivity contribution is -0.397. The van der Waals surface area contributed by atoms with Crippen LogP contribution in [0.4, 0.5) is 0 Å². The van der Waals surface area contributed by atoms with Crippen LogP contribution in [0.1, 0.15) is 32.1 Å². The molecule has 2 bridgehead atoms. The zero-order valence-electron chi connectivity index (χ0n) is 8.34. The average Bonchev–Trinajstić information content (AvgIpc) is 2.60. The van der Waals surface area contributed by atoms with Crippen LogP contribution in [0, 0.1) is 17.3 Å². The molecule has 0 spiro atoms. The molecule has 0 heterocycles. The highest BCUT2D eigenvalue weighted by Crippen LogP contribution is 2.58. The van der Waals surface area contributed by atoms with Gasteiger partial charge in [-0.1, -0.05) is 0 Å². The van der Waals surface area contributed by atoms with Gasteiger partial charge in [-0.25, -0.2) is 0 Å². The Morgan fingerprint density at radius 2 is 1.71 bits per heavy atom. The topological polar surface area (TPSA) is 64.9 Å². The second kappa shape index (κ2) is 4.07. The molecule has 4 heteroatoms. The minimum absolute atomic E-state index is 0. The lowest BCUT2D eigenvalue weighted by atomic mass is 9.75. The summed E-state index contributed by atoms with van der Waals surface area (Å²) in [4.78, 5) is 10.8. The van der Waals surface area contributed by atoms with Crippen molar-refractivity contribution >= 4 is 5.97 Å². The quantitative estimate of drug-likeness (QED) is 0.552. The van der Waals surface area contributed by atoms with Crippen LogP contribution in [-0.4, -0.2) is 17.6 Å². The number of quaternary nitrogens is 1.